The minimum atomic E-state index is -0.733. The number of anilines is 1. The minimum absolute atomic E-state index is 0.282. The van der Waals surface area contributed by atoms with Crippen LogP contribution >= 0.6 is 11.3 Å². The molecule has 1 aromatic rings. The molecule has 1 aromatic heterocycles. The van der Waals surface area contributed by atoms with Crippen molar-refractivity contribution in [3.63, 3.8) is 0 Å². The number of ether oxygens (including phenoxy) is 1. The Kier molecular flexibility index (Phi) is 6.02. The fourth-order valence-electron chi connectivity index (χ4n) is 2.59. The van der Waals surface area contributed by atoms with E-state index < -0.39 is 24.1 Å². The second-order valence-electron chi connectivity index (χ2n) is 5.61. The smallest absolute Gasteiger partial charge is 0.341 e. The number of aryl methyl sites for hydroxylation is 1. The van der Waals surface area contributed by atoms with E-state index >= 15 is 0 Å². The van der Waals surface area contributed by atoms with Crippen LogP contribution < -0.4 is 16.8 Å². The van der Waals surface area contributed by atoms with Crippen LogP contribution in [0.4, 0.5) is 14.6 Å². The first-order valence-electron chi connectivity index (χ1n) is 7.85. The largest absolute Gasteiger partial charge is 0.457 e. The highest BCUT2D eigenvalue weighted by atomic mass is 32.1. The number of nitrogens with zero attached hydrogens (tertiary/aromatic N) is 1. The van der Waals surface area contributed by atoms with Gasteiger partial charge in [0.15, 0.2) is 0 Å². The van der Waals surface area contributed by atoms with Crippen LogP contribution in [0.1, 0.15) is 41.4 Å². The van der Waals surface area contributed by atoms with Crippen molar-refractivity contribution in [2.45, 2.75) is 38.7 Å². The summed E-state index contributed by atoms with van der Waals surface area (Å²) in [5.74, 6) is -0.536. The van der Waals surface area contributed by atoms with E-state index in [1.165, 1.54) is 16.2 Å². The third kappa shape index (κ3) is 4.60. The number of nitrogens with one attached hydrogen (secondary N) is 1. The topological polar surface area (TPSA) is 128 Å². The van der Waals surface area contributed by atoms with Crippen molar-refractivity contribution in [1.29, 1.82) is 0 Å². The van der Waals surface area contributed by atoms with Gasteiger partial charge >= 0.3 is 18.0 Å². The molecule has 2 rings (SSSR count). The molecule has 24 heavy (non-hydrogen) atoms. The van der Waals surface area contributed by atoms with Gasteiger partial charge in [-0.1, -0.05) is 6.92 Å². The van der Waals surface area contributed by atoms with E-state index in [2.05, 4.69) is 5.32 Å². The number of primary amides is 2. The first-order valence-corrected chi connectivity index (χ1v) is 8.66. The molecule has 8 nitrogen and oxygen atoms in total. The van der Waals surface area contributed by atoms with Crippen molar-refractivity contribution in [3.8, 4) is 0 Å². The Balaban J connectivity index is 2.12. The van der Waals surface area contributed by atoms with Crippen molar-refractivity contribution >= 4 is 34.4 Å². The number of hydrogen-bond donors (Lipinski definition) is 3. The summed E-state index contributed by atoms with van der Waals surface area (Å²) in [5, 5.41) is 2.84. The number of amides is 4. The number of nitrogens with two attached hydrogens (primary N) is 2. The molecule has 1 unspecified atom stereocenters. The molecule has 2 heterocycles. The van der Waals surface area contributed by atoms with Gasteiger partial charge < -0.3 is 21.1 Å². The van der Waals surface area contributed by atoms with E-state index in [1.54, 1.807) is 6.07 Å². The predicted octanol–water partition coefficient (Wildman–Crippen LogP) is 1.89. The molecule has 1 atom stereocenters. The molecule has 4 amide bonds. The van der Waals surface area contributed by atoms with Crippen LogP contribution in [0.25, 0.3) is 0 Å². The summed E-state index contributed by atoms with van der Waals surface area (Å²) in [6.45, 7) is 2.80. The first kappa shape index (κ1) is 18.1. The Morgan fingerprint density at radius 2 is 2.12 bits per heavy atom. The van der Waals surface area contributed by atoms with Gasteiger partial charge in [0.05, 0.1) is 12.1 Å². The summed E-state index contributed by atoms with van der Waals surface area (Å²) in [5.41, 5.74) is 10.8. The number of thiophene rings is 1. The molecule has 0 aromatic carbocycles. The number of likely N-dealkylation sites (tertiary alicyclic amines) is 1. The van der Waals surface area contributed by atoms with E-state index in [9.17, 15) is 14.4 Å². The molecule has 9 heteroatoms. The summed E-state index contributed by atoms with van der Waals surface area (Å²) in [4.78, 5) is 37.4. The SMILES string of the molecule is CCc1cc(C(=O)OC2CCCCN(C(N)=O)C2)c(NC(N)=O)s1. The van der Waals surface area contributed by atoms with Gasteiger partial charge in [-0.25, -0.2) is 14.4 Å². The third-order valence-electron chi connectivity index (χ3n) is 3.80. The summed E-state index contributed by atoms with van der Waals surface area (Å²) in [6.07, 6.45) is 2.64. The Hall–Kier alpha value is -2.29. The molecule has 0 spiro atoms. The predicted molar refractivity (Wildman–Crippen MR) is 91.1 cm³/mol. The molecule has 1 aliphatic rings. The molecule has 132 valence electrons. The van der Waals surface area contributed by atoms with E-state index in [4.69, 9.17) is 16.2 Å². The van der Waals surface area contributed by atoms with E-state index in [1.807, 2.05) is 6.92 Å². The van der Waals surface area contributed by atoms with Crippen LogP contribution in [-0.2, 0) is 11.2 Å². The number of hydrogen-bond acceptors (Lipinski definition) is 5. The van der Waals surface area contributed by atoms with Gasteiger partial charge in [0, 0.05) is 11.4 Å². The Bertz CT molecular complexity index is 631. The molecule has 1 aliphatic heterocycles. The fourth-order valence-corrected chi connectivity index (χ4v) is 3.57. The lowest BCUT2D eigenvalue weighted by atomic mass is 10.2. The molecule has 0 radical (unpaired) electrons. The second kappa shape index (κ2) is 8.00. The lowest BCUT2D eigenvalue weighted by Crippen LogP contribution is -2.41. The first-order chi connectivity index (χ1) is 11.4. The van der Waals surface area contributed by atoms with E-state index in [-0.39, 0.29) is 12.1 Å². The van der Waals surface area contributed by atoms with Crippen LogP contribution in [-0.4, -0.2) is 42.1 Å². The minimum Gasteiger partial charge on any atom is -0.457 e. The third-order valence-corrected chi connectivity index (χ3v) is 5.00. The fraction of sp³-hybridized carbons (Fsp3) is 0.533. The molecule has 0 saturated carbocycles. The number of urea groups is 2. The maximum atomic E-state index is 12.5. The molecule has 5 N–H and O–H groups in total. The normalized spacial score (nSPS) is 17.9. The number of rotatable bonds is 4. The standard InChI is InChI=1S/C15H22N4O4S/c1-2-10-7-11(12(24-10)18-14(16)21)13(20)23-9-5-3-4-6-19(8-9)15(17)22/h7,9H,2-6,8H2,1H3,(H2,17,22)(H3,16,18,21). The highest BCUT2D eigenvalue weighted by Crippen LogP contribution is 2.30. The maximum Gasteiger partial charge on any atom is 0.341 e. The Morgan fingerprint density at radius 3 is 2.75 bits per heavy atom. The zero-order valence-electron chi connectivity index (χ0n) is 13.5. The average Bonchev–Trinajstić information content (AvgIpc) is 2.76. The highest BCUT2D eigenvalue weighted by molar-refractivity contribution is 7.16. The Labute approximate surface area is 144 Å². The van der Waals surface area contributed by atoms with Gasteiger partial charge in [-0.05, 0) is 31.7 Å². The molecule has 1 fully saturated rings. The van der Waals surface area contributed by atoms with Crippen LogP contribution in [0.15, 0.2) is 6.07 Å². The van der Waals surface area contributed by atoms with E-state index in [0.29, 0.717) is 18.0 Å². The number of carbonyl (C=O) groups excluding carboxylic acids is 3. The maximum absolute atomic E-state index is 12.5. The molecule has 0 aliphatic carbocycles. The number of esters is 1. The van der Waals surface area contributed by atoms with Gasteiger partial charge in [0.1, 0.15) is 11.1 Å². The Morgan fingerprint density at radius 1 is 1.38 bits per heavy atom. The van der Waals surface area contributed by atoms with Gasteiger partial charge in [-0.2, -0.15) is 0 Å². The van der Waals surface area contributed by atoms with Crippen LogP contribution in [0.2, 0.25) is 0 Å². The van der Waals surface area contributed by atoms with Crippen molar-refractivity contribution in [3.05, 3.63) is 16.5 Å². The number of carbonyl (C=O) groups is 3. The molecular formula is C15H22N4O4S. The van der Waals surface area contributed by atoms with Gasteiger partial charge in [0.25, 0.3) is 0 Å². The molecular weight excluding hydrogens is 332 g/mol. The monoisotopic (exact) mass is 354 g/mol. The summed E-state index contributed by atoms with van der Waals surface area (Å²) >= 11 is 1.29. The van der Waals surface area contributed by atoms with Gasteiger partial charge in [-0.3, -0.25) is 5.32 Å². The van der Waals surface area contributed by atoms with Crippen LogP contribution in [0, 0.1) is 0 Å². The molecule has 1 saturated heterocycles. The lowest BCUT2D eigenvalue weighted by Gasteiger charge is -2.22. The van der Waals surface area contributed by atoms with Gasteiger partial charge in [-0.15, -0.1) is 11.3 Å². The van der Waals surface area contributed by atoms with Crippen LogP contribution in [0.5, 0.6) is 0 Å². The van der Waals surface area contributed by atoms with Crippen molar-refractivity contribution < 1.29 is 19.1 Å². The van der Waals surface area contributed by atoms with Crippen molar-refractivity contribution in [1.82, 2.24) is 4.90 Å². The summed E-state index contributed by atoms with van der Waals surface area (Å²) in [7, 11) is 0. The summed E-state index contributed by atoms with van der Waals surface area (Å²) in [6, 6.07) is 0.446. The molecule has 0 bridgehead atoms. The van der Waals surface area contributed by atoms with Crippen LogP contribution in [0.3, 0.4) is 0 Å². The zero-order chi connectivity index (χ0) is 17.7. The second-order valence-corrected chi connectivity index (χ2v) is 6.74. The lowest BCUT2D eigenvalue weighted by molar-refractivity contribution is 0.0242. The van der Waals surface area contributed by atoms with E-state index in [0.717, 1.165) is 24.1 Å². The highest BCUT2D eigenvalue weighted by Gasteiger charge is 2.26. The van der Waals surface area contributed by atoms with Gasteiger partial charge in [0.2, 0.25) is 0 Å². The average molecular weight is 354 g/mol. The zero-order valence-corrected chi connectivity index (χ0v) is 14.4. The van der Waals surface area contributed by atoms with Crippen molar-refractivity contribution in [2.24, 2.45) is 11.5 Å². The quantitative estimate of drug-likeness (QED) is 0.713. The summed E-state index contributed by atoms with van der Waals surface area (Å²) < 4.78 is 5.54. The van der Waals surface area contributed by atoms with Crippen molar-refractivity contribution in [2.75, 3.05) is 18.4 Å².